The summed E-state index contributed by atoms with van der Waals surface area (Å²) in [7, 11) is -1.58. The number of nitrogens with zero attached hydrogens (tertiary/aromatic N) is 4. The summed E-state index contributed by atoms with van der Waals surface area (Å²) in [5.74, 6) is -0.363. The molecule has 1 unspecified atom stereocenters. The van der Waals surface area contributed by atoms with Crippen molar-refractivity contribution in [3.63, 3.8) is 0 Å². The van der Waals surface area contributed by atoms with Crippen molar-refractivity contribution < 1.29 is 23.1 Å². The predicted molar refractivity (Wildman–Crippen MR) is 94.9 cm³/mol. The molecule has 0 saturated carbocycles. The fraction of sp³-hybridized carbons (Fsp3) is 0.438. The number of carboxylic acids is 1. The Labute approximate surface area is 151 Å². The first-order valence-electron chi connectivity index (χ1n) is 8.16. The molecule has 2 aromatic rings. The molecule has 0 amide bonds. The number of methoxy groups -OCH3 is 1. The Bertz CT molecular complexity index is 924. The molecule has 1 aromatic heterocycles. The molecule has 26 heavy (non-hydrogen) atoms. The molecule has 10 heteroatoms. The Hall–Kier alpha value is -2.62. The molecule has 1 aliphatic rings. The van der Waals surface area contributed by atoms with Crippen LogP contribution in [0.5, 0.6) is 5.75 Å². The number of anilines is 1. The Morgan fingerprint density at radius 3 is 2.77 bits per heavy atom. The first kappa shape index (κ1) is 18.2. The second kappa shape index (κ2) is 6.94. The molecule has 0 spiro atoms. The van der Waals surface area contributed by atoms with E-state index in [2.05, 4.69) is 10.2 Å². The zero-order valence-electron chi connectivity index (χ0n) is 14.5. The third-order valence-electron chi connectivity index (χ3n) is 4.34. The van der Waals surface area contributed by atoms with Gasteiger partial charge in [0.05, 0.1) is 24.3 Å². The Kier molecular flexibility index (Phi) is 4.86. The van der Waals surface area contributed by atoms with Crippen LogP contribution in [0.1, 0.15) is 23.8 Å². The van der Waals surface area contributed by atoms with E-state index >= 15 is 0 Å². The van der Waals surface area contributed by atoms with Crippen molar-refractivity contribution in [1.29, 1.82) is 0 Å². The second-order valence-electron chi connectivity index (χ2n) is 6.01. The zero-order valence-corrected chi connectivity index (χ0v) is 15.3. The van der Waals surface area contributed by atoms with E-state index in [0.717, 1.165) is 0 Å². The highest BCUT2D eigenvalue weighted by atomic mass is 32.2. The molecule has 1 atom stereocenters. The number of aromatic nitrogens is 3. The first-order chi connectivity index (χ1) is 12.3. The highest BCUT2D eigenvalue weighted by Gasteiger charge is 2.35. The Morgan fingerprint density at radius 1 is 1.42 bits per heavy atom. The van der Waals surface area contributed by atoms with Gasteiger partial charge in [0.15, 0.2) is 15.7 Å². The number of hydrogen-bond acceptors (Lipinski definition) is 7. The summed E-state index contributed by atoms with van der Waals surface area (Å²) in [5, 5.41) is 18.0. The molecule has 1 fully saturated rings. The van der Waals surface area contributed by atoms with Crippen molar-refractivity contribution in [2.24, 2.45) is 0 Å². The maximum Gasteiger partial charge on any atom is 0.360 e. The maximum atomic E-state index is 11.8. The van der Waals surface area contributed by atoms with E-state index in [1.165, 1.54) is 11.9 Å². The normalized spacial score (nSPS) is 18.6. The van der Waals surface area contributed by atoms with Gasteiger partial charge in [-0.2, -0.15) is 0 Å². The van der Waals surface area contributed by atoms with Crippen LogP contribution in [0.2, 0.25) is 0 Å². The zero-order chi connectivity index (χ0) is 18.9. The molecule has 1 aromatic carbocycles. The standard InChI is InChI=1S/C16H20N4O5S/c1-3-19(12-7-8-26(23,24)10-12)15-14(16(21)22)17-20(18-15)11-5-4-6-13(9-11)25-2/h4-6,9,12H,3,7-8,10H2,1-2H3,(H,21,22). The number of carbonyl (C=O) groups is 1. The number of rotatable bonds is 6. The molecule has 3 rings (SSSR count). The van der Waals surface area contributed by atoms with Crippen LogP contribution in [0.4, 0.5) is 5.82 Å². The van der Waals surface area contributed by atoms with E-state index in [1.807, 2.05) is 6.92 Å². The van der Waals surface area contributed by atoms with Crippen LogP contribution in [0.15, 0.2) is 24.3 Å². The number of aromatic carboxylic acids is 1. The molecule has 9 nitrogen and oxygen atoms in total. The van der Waals surface area contributed by atoms with Gasteiger partial charge in [-0.3, -0.25) is 0 Å². The lowest BCUT2D eigenvalue weighted by Gasteiger charge is -2.26. The molecule has 0 bridgehead atoms. The van der Waals surface area contributed by atoms with Gasteiger partial charge in [-0.05, 0) is 25.5 Å². The summed E-state index contributed by atoms with van der Waals surface area (Å²) in [6, 6.07) is 6.62. The van der Waals surface area contributed by atoms with Gasteiger partial charge in [0.1, 0.15) is 5.75 Å². The van der Waals surface area contributed by atoms with Crippen molar-refractivity contribution in [3.05, 3.63) is 30.0 Å². The first-order valence-corrected chi connectivity index (χ1v) is 9.99. The molecule has 1 N–H and O–H groups in total. The van der Waals surface area contributed by atoms with Crippen LogP contribution in [0, 0.1) is 0 Å². The highest BCUT2D eigenvalue weighted by molar-refractivity contribution is 7.91. The van der Waals surface area contributed by atoms with Crippen LogP contribution in [0.25, 0.3) is 5.69 Å². The summed E-state index contributed by atoms with van der Waals surface area (Å²) in [6.45, 7) is 2.26. The van der Waals surface area contributed by atoms with Gasteiger partial charge in [0.2, 0.25) is 5.69 Å². The van der Waals surface area contributed by atoms with Gasteiger partial charge < -0.3 is 14.7 Å². The van der Waals surface area contributed by atoms with Gasteiger partial charge in [-0.15, -0.1) is 15.0 Å². The summed E-state index contributed by atoms with van der Waals surface area (Å²) in [4.78, 5) is 14.6. The van der Waals surface area contributed by atoms with E-state index in [1.54, 1.807) is 29.2 Å². The quantitative estimate of drug-likeness (QED) is 0.789. The number of sulfone groups is 1. The largest absolute Gasteiger partial charge is 0.497 e. The van der Waals surface area contributed by atoms with Gasteiger partial charge >= 0.3 is 5.97 Å². The fourth-order valence-electron chi connectivity index (χ4n) is 3.08. The van der Waals surface area contributed by atoms with E-state index < -0.39 is 15.8 Å². The third kappa shape index (κ3) is 3.50. The number of ether oxygens (including phenoxy) is 1. The summed E-state index contributed by atoms with van der Waals surface area (Å²) in [6.07, 6.45) is 0.446. The average Bonchev–Trinajstić information content (AvgIpc) is 3.20. The van der Waals surface area contributed by atoms with Gasteiger partial charge in [0.25, 0.3) is 0 Å². The number of carboxylic acid groups (broad SMARTS) is 1. The van der Waals surface area contributed by atoms with Crippen molar-refractivity contribution in [2.75, 3.05) is 30.1 Å². The maximum absolute atomic E-state index is 11.8. The predicted octanol–water partition coefficient (Wildman–Crippen LogP) is 0.988. The van der Waals surface area contributed by atoms with Crippen LogP contribution in [0.3, 0.4) is 0 Å². The van der Waals surface area contributed by atoms with Crippen molar-refractivity contribution in [2.45, 2.75) is 19.4 Å². The molecular formula is C16H20N4O5S. The third-order valence-corrected chi connectivity index (χ3v) is 6.10. The van der Waals surface area contributed by atoms with E-state index in [9.17, 15) is 18.3 Å². The van der Waals surface area contributed by atoms with E-state index in [0.29, 0.717) is 24.4 Å². The molecule has 0 aliphatic carbocycles. The molecule has 2 heterocycles. The average molecular weight is 380 g/mol. The Balaban J connectivity index is 2.03. The fourth-order valence-corrected chi connectivity index (χ4v) is 4.81. The lowest BCUT2D eigenvalue weighted by atomic mass is 10.2. The van der Waals surface area contributed by atoms with Crippen molar-refractivity contribution in [3.8, 4) is 11.4 Å². The molecule has 140 valence electrons. The van der Waals surface area contributed by atoms with Gasteiger partial charge in [-0.25, -0.2) is 13.2 Å². The number of benzene rings is 1. The number of hydrogen-bond donors (Lipinski definition) is 1. The monoisotopic (exact) mass is 380 g/mol. The van der Waals surface area contributed by atoms with Crippen LogP contribution >= 0.6 is 0 Å². The smallest absolute Gasteiger partial charge is 0.360 e. The summed E-state index contributed by atoms with van der Waals surface area (Å²) in [5.41, 5.74) is 0.340. The van der Waals surface area contributed by atoms with Crippen LogP contribution < -0.4 is 9.64 Å². The lowest BCUT2D eigenvalue weighted by molar-refractivity contribution is 0.0690. The van der Waals surface area contributed by atoms with E-state index in [4.69, 9.17) is 4.74 Å². The molecule has 1 saturated heterocycles. The SMILES string of the molecule is CCN(c1nn(-c2cccc(OC)c2)nc1C(=O)O)C1CCS(=O)(=O)C1. The highest BCUT2D eigenvalue weighted by Crippen LogP contribution is 2.26. The van der Waals surface area contributed by atoms with Crippen LogP contribution in [-0.4, -0.2) is 65.7 Å². The lowest BCUT2D eigenvalue weighted by Crippen LogP contribution is -2.37. The van der Waals surface area contributed by atoms with Crippen molar-refractivity contribution >= 4 is 21.6 Å². The molecular weight excluding hydrogens is 360 g/mol. The minimum atomic E-state index is -3.11. The van der Waals surface area contributed by atoms with Gasteiger partial charge in [0, 0.05) is 18.7 Å². The van der Waals surface area contributed by atoms with Crippen molar-refractivity contribution in [1.82, 2.24) is 15.0 Å². The molecule has 1 aliphatic heterocycles. The topological polar surface area (TPSA) is 115 Å². The van der Waals surface area contributed by atoms with E-state index in [-0.39, 0.29) is 29.1 Å². The van der Waals surface area contributed by atoms with Crippen LogP contribution in [-0.2, 0) is 9.84 Å². The minimum absolute atomic E-state index is 0.00802. The minimum Gasteiger partial charge on any atom is -0.497 e. The summed E-state index contributed by atoms with van der Waals surface area (Å²) < 4.78 is 28.8. The second-order valence-corrected chi connectivity index (χ2v) is 8.24. The summed E-state index contributed by atoms with van der Waals surface area (Å²) >= 11 is 0. The Morgan fingerprint density at radius 2 is 2.19 bits per heavy atom. The molecule has 0 radical (unpaired) electrons. The van der Waals surface area contributed by atoms with Gasteiger partial charge in [-0.1, -0.05) is 6.07 Å².